The summed E-state index contributed by atoms with van der Waals surface area (Å²) in [5.74, 6) is 0.257. The van der Waals surface area contributed by atoms with Gasteiger partial charge in [-0.2, -0.15) is 0 Å². The molecule has 4 nitrogen and oxygen atoms in total. The van der Waals surface area contributed by atoms with Crippen LogP contribution >= 0.6 is 0 Å². The highest BCUT2D eigenvalue weighted by Gasteiger charge is 2.53. The first-order chi connectivity index (χ1) is 9.13. The Labute approximate surface area is 113 Å². The first-order valence-corrected chi connectivity index (χ1v) is 6.88. The van der Waals surface area contributed by atoms with Gasteiger partial charge in [0.15, 0.2) is 0 Å². The summed E-state index contributed by atoms with van der Waals surface area (Å²) >= 11 is 0. The monoisotopic (exact) mass is 260 g/mol. The van der Waals surface area contributed by atoms with Crippen LogP contribution in [-0.2, 0) is 14.9 Å². The minimum atomic E-state index is -0.292. The zero-order valence-corrected chi connectivity index (χ0v) is 11.3. The van der Waals surface area contributed by atoms with Gasteiger partial charge in [-0.05, 0) is 37.5 Å². The molecule has 102 valence electrons. The van der Waals surface area contributed by atoms with Crippen molar-refractivity contribution in [1.82, 2.24) is 4.90 Å². The van der Waals surface area contributed by atoms with Gasteiger partial charge in [-0.1, -0.05) is 12.1 Å². The molecule has 1 aliphatic heterocycles. The maximum Gasteiger partial charge on any atom is 0.233 e. The molecule has 1 aliphatic carbocycles. The Hall–Kier alpha value is -1.55. The van der Waals surface area contributed by atoms with Crippen molar-refractivity contribution in [3.63, 3.8) is 0 Å². The highest BCUT2D eigenvalue weighted by atomic mass is 16.5. The van der Waals surface area contributed by atoms with E-state index in [0.717, 1.165) is 24.1 Å². The van der Waals surface area contributed by atoms with Crippen molar-refractivity contribution in [2.45, 2.75) is 31.2 Å². The zero-order chi connectivity index (χ0) is 13.5. The largest absolute Gasteiger partial charge is 0.399 e. The molecule has 0 spiro atoms. The third-order valence-electron chi connectivity index (χ3n) is 4.25. The summed E-state index contributed by atoms with van der Waals surface area (Å²) in [6.07, 6.45) is 1.89. The van der Waals surface area contributed by atoms with Gasteiger partial charge in [-0.25, -0.2) is 0 Å². The van der Waals surface area contributed by atoms with Crippen LogP contribution in [0.25, 0.3) is 0 Å². The van der Waals surface area contributed by atoms with E-state index in [0.29, 0.717) is 19.8 Å². The Morgan fingerprint density at radius 1 is 1.37 bits per heavy atom. The van der Waals surface area contributed by atoms with E-state index in [9.17, 15) is 4.79 Å². The van der Waals surface area contributed by atoms with Crippen LogP contribution in [0.15, 0.2) is 24.3 Å². The van der Waals surface area contributed by atoms with Crippen LogP contribution in [-0.4, -0.2) is 36.6 Å². The van der Waals surface area contributed by atoms with Gasteiger partial charge in [0.05, 0.1) is 24.7 Å². The van der Waals surface area contributed by atoms with E-state index in [1.165, 1.54) is 0 Å². The molecule has 4 heteroatoms. The molecule has 2 fully saturated rings. The lowest BCUT2D eigenvalue weighted by Crippen LogP contribution is -2.50. The minimum absolute atomic E-state index is 0.174. The van der Waals surface area contributed by atoms with Crippen molar-refractivity contribution >= 4 is 11.6 Å². The molecule has 0 radical (unpaired) electrons. The van der Waals surface area contributed by atoms with Gasteiger partial charge in [-0.15, -0.1) is 0 Å². The third-order valence-corrected chi connectivity index (χ3v) is 4.25. The quantitative estimate of drug-likeness (QED) is 0.821. The number of nitrogens with zero attached hydrogens (tertiary/aromatic N) is 1. The molecule has 1 saturated heterocycles. The van der Waals surface area contributed by atoms with Crippen molar-refractivity contribution in [3.05, 3.63) is 29.8 Å². The lowest BCUT2D eigenvalue weighted by atomic mass is 9.93. The number of rotatable bonds is 2. The standard InChI is InChI=1S/C15H20N2O2/c1-11-10-19-9-8-17(11)14(18)15(6-7-15)12-2-4-13(16)5-3-12/h2-5,11H,6-10,16H2,1H3. The van der Waals surface area contributed by atoms with Crippen LogP contribution in [0, 0.1) is 0 Å². The molecule has 1 heterocycles. The Morgan fingerprint density at radius 2 is 2.05 bits per heavy atom. The van der Waals surface area contributed by atoms with Crippen LogP contribution in [0.2, 0.25) is 0 Å². The Kier molecular flexibility index (Phi) is 2.97. The van der Waals surface area contributed by atoms with Gasteiger partial charge in [0, 0.05) is 12.2 Å². The summed E-state index contributed by atoms with van der Waals surface area (Å²) in [6.45, 7) is 4.05. The Balaban J connectivity index is 1.84. The average Bonchev–Trinajstić information content (AvgIpc) is 3.21. The minimum Gasteiger partial charge on any atom is -0.399 e. The molecule has 19 heavy (non-hydrogen) atoms. The fourth-order valence-electron chi connectivity index (χ4n) is 2.86. The molecular weight excluding hydrogens is 240 g/mol. The molecule has 2 aliphatic rings. The molecule has 3 rings (SSSR count). The molecule has 1 aromatic carbocycles. The first-order valence-electron chi connectivity index (χ1n) is 6.88. The highest BCUT2D eigenvalue weighted by Crippen LogP contribution is 2.50. The number of benzene rings is 1. The van der Waals surface area contributed by atoms with Gasteiger partial charge < -0.3 is 15.4 Å². The van der Waals surface area contributed by atoms with E-state index in [4.69, 9.17) is 10.5 Å². The molecule has 1 saturated carbocycles. The predicted molar refractivity (Wildman–Crippen MR) is 73.8 cm³/mol. The second-order valence-electron chi connectivity index (χ2n) is 5.63. The summed E-state index contributed by atoms with van der Waals surface area (Å²) in [7, 11) is 0. The molecule has 0 aromatic heterocycles. The van der Waals surface area contributed by atoms with Crippen molar-refractivity contribution in [1.29, 1.82) is 0 Å². The number of ether oxygens (including phenoxy) is 1. The molecule has 1 unspecified atom stereocenters. The van der Waals surface area contributed by atoms with Crippen LogP contribution in [0.1, 0.15) is 25.3 Å². The Bertz CT molecular complexity index is 479. The van der Waals surface area contributed by atoms with E-state index < -0.39 is 0 Å². The van der Waals surface area contributed by atoms with E-state index in [2.05, 4.69) is 6.92 Å². The SMILES string of the molecule is CC1COCCN1C(=O)C1(c2ccc(N)cc2)CC1. The van der Waals surface area contributed by atoms with Crippen LogP contribution in [0.4, 0.5) is 5.69 Å². The number of carbonyl (C=O) groups is 1. The van der Waals surface area contributed by atoms with Crippen LogP contribution in [0.5, 0.6) is 0 Å². The fourth-order valence-corrected chi connectivity index (χ4v) is 2.86. The van der Waals surface area contributed by atoms with E-state index in [1.807, 2.05) is 29.2 Å². The maximum atomic E-state index is 12.8. The molecule has 1 atom stereocenters. The lowest BCUT2D eigenvalue weighted by molar-refractivity contribution is -0.141. The van der Waals surface area contributed by atoms with Crippen molar-refractivity contribution in [2.75, 3.05) is 25.5 Å². The van der Waals surface area contributed by atoms with Gasteiger partial charge in [0.2, 0.25) is 5.91 Å². The Morgan fingerprint density at radius 3 is 2.63 bits per heavy atom. The number of morpholine rings is 1. The number of anilines is 1. The van der Waals surface area contributed by atoms with Gasteiger partial charge >= 0.3 is 0 Å². The van der Waals surface area contributed by atoms with Crippen LogP contribution < -0.4 is 5.73 Å². The predicted octanol–water partition coefficient (Wildman–Crippen LogP) is 1.55. The van der Waals surface area contributed by atoms with Gasteiger partial charge in [-0.3, -0.25) is 4.79 Å². The van der Waals surface area contributed by atoms with Crippen molar-refractivity contribution < 1.29 is 9.53 Å². The number of nitrogens with two attached hydrogens (primary N) is 1. The first kappa shape index (κ1) is 12.5. The van der Waals surface area contributed by atoms with Gasteiger partial charge in [0.25, 0.3) is 0 Å². The summed E-state index contributed by atoms with van der Waals surface area (Å²) in [5.41, 5.74) is 7.27. The molecule has 1 aromatic rings. The van der Waals surface area contributed by atoms with E-state index in [1.54, 1.807) is 0 Å². The summed E-state index contributed by atoms with van der Waals surface area (Å²) in [4.78, 5) is 14.8. The second-order valence-corrected chi connectivity index (χ2v) is 5.63. The van der Waals surface area contributed by atoms with E-state index in [-0.39, 0.29) is 17.4 Å². The number of amides is 1. The number of hydrogen-bond acceptors (Lipinski definition) is 3. The zero-order valence-electron chi connectivity index (χ0n) is 11.3. The van der Waals surface area contributed by atoms with E-state index >= 15 is 0 Å². The summed E-state index contributed by atoms with van der Waals surface area (Å²) in [5, 5.41) is 0. The molecule has 0 bridgehead atoms. The third kappa shape index (κ3) is 2.10. The lowest BCUT2D eigenvalue weighted by Gasteiger charge is -2.36. The smallest absolute Gasteiger partial charge is 0.233 e. The molecular formula is C15H20N2O2. The van der Waals surface area contributed by atoms with Crippen molar-refractivity contribution in [3.8, 4) is 0 Å². The second kappa shape index (κ2) is 4.53. The number of hydrogen-bond donors (Lipinski definition) is 1. The van der Waals surface area contributed by atoms with Crippen LogP contribution in [0.3, 0.4) is 0 Å². The molecule has 1 amide bonds. The molecule has 2 N–H and O–H groups in total. The summed E-state index contributed by atoms with van der Waals surface area (Å²) in [6, 6.07) is 7.92. The maximum absolute atomic E-state index is 12.8. The van der Waals surface area contributed by atoms with Gasteiger partial charge in [0.1, 0.15) is 0 Å². The average molecular weight is 260 g/mol. The summed E-state index contributed by atoms with van der Waals surface area (Å²) < 4.78 is 5.41. The number of carbonyl (C=O) groups excluding carboxylic acids is 1. The van der Waals surface area contributed by atoms with Crippen molar-refractivity contribution in [2.24, 2.45) is 0 Å². The topological polar surface area (TPSA) is 55.6 Å². The fraction of sp³-hybridized carbons (Fsp3) is 0.533. The highest BCUT2D eigenvalue weighted by molar-refractivity contribution is 5.91. The normalized spacial score (nSPS) is 25.1. The number of nitrogen functional groups attached to an aromatic ring is 1.